The molecular weight excluding hydrogens is 214 g/mol. The number of nitrogens with zero attached hydrogens (tertiary/aromatic N) is 1. The Balaban J connectivity index is 0.000000557. The highest BCUT2D eigenvalue weighted by Crippen LogP contribution is 2.17. The molecule has 0 aromatic carbocycles. The van der Waals surface area contributed by atoms with Crippen molar-refractivity contribution in [2.24, 2.45) is 0 Å². The number of carbonyl (C=O) groups is 1. The molecule has 0 bridgehead atoms. The molecule has 3 heteroatoms. The lowest BCUT2D eigenvalue weighted by Gasteiger charge is -2.29. The molecule has 0 N–H and O–H groups in total. The maximum absolute atomic E-state index is 8.89. The van der Waals surface area contributed by atoms with Crippen LogP contribution in [0, 0.1) is 0 Å². The van der Waals surface area contributed by atoms with Crippen molar-refractivity contribution in [1.29, 1.82) is 0 Å². The van der Waals surface area contributed by atoms with Gasteiger partial charge >= 0.3 is 0 Å². The fourth-order valence-electron chi connectivity index (χ4n) is 2.42. The van der Waals surface area contributed by atoms with E-state index in [-0.39, 0.29) is 0 Å². The van der Waals surface area contributed by atoms with E-state index in [1.54, 1.807) is 0 Å². The number of aliphatic carboxylic acids is 1. The summed E-state index contributed by atoms with van der Waals surface area (Å²) in [6.07, 6.45) is 10.1. The Labute approximate surface area is 106 Å². The minimum absolute atomic E-state index is 0.972. The highest BCUT2D eigenvalue weighted by Gasteiger charge is 2.25. The molecule has 0 spiro atoms. The zero-order valence-corrected chi connectivity index (χ0v) is 11.8. The van der Waals surface area contributed by atoms with Crippen LogP contribution in [0.5, 0.6) is 0 Å². The van der Waals surface area contributed by atoms with E-state index in [9.17, 15) is 0 Å². The average Bonchev–Trinajstić information content (AvgIpc) is 2.64. The third-order valence-corrected chi connectivity index (χ3v) is 3.45. The van der Waals surface area contributed by atoms with E-state index in [4.69, 9.17) is 9.90 Å². The van der Waals surface area contributed by atoms with Crippen LogP contribution in [0.2, 0.25) is 0 Å². The molecule has 1 heterocycles. The molecule has 0 saturated carbocycles. The second kappa shape index (κ2) is 9.46. The van der Waals surface area contributed by atoms with E-state index >= 15 is 0 Å². The number of carbonyl (C=O) groups excluding carboxylic acids is 1. The summed E-state index contributed by atoms with van der Waals surface area (Å²) in [5.41, 5.74) is 0. The van der Waals surface area contributed by atoms with Crippen molar-refractivity contribution < 1.29 is 14.4 Å². The smallest absolute Gasteiger partial charge is 0.0786 e. The first kappa shape index (κ1) is 16.4. The lowest BCUT2D eigenvalue weighted by atomic mass is 10.1. The monoisotopic (exact) mass is 243 g/mol. The summed E-state index contributed by atoms with van der Waals surface area (Å²) >= 11 is 0. The molecule has 3 nitrogen and oxygen atoms in total. The van der Waals surface area contributed by atoms with E-state index in [1.807, 2.05) is 0 Å². The van der Waals surface area contributed by atoms with Gasteiger partial charge in [0.15, 0.2) is 0 Å². The largest absolute Gasteiger partial charge is 0.550 e. The molecule has 1 rings (SSSR count). The molecule has 0 aromatic rings. The molecule has 0 radical (unpaired) electrons. The summed E-state index contributed by atoms with van der Waals surface area (Å²) in [4.78, 5) is 8.89. The lowest BCUT2D eigenvalue weighted by molar-refractivity contribution is -0.897. The van der Waals surface area contributed by atoms with Crippen LogP contribution in [0.25, 0.3) is 0 Å². The van der Waals surface area contributed by atoms with Crippen molar-refractivity contribution in [2.45, 2.75) is 58.8 Å². The Morgan fingerprint density at radius 3 is 2.06 bits per heavy atom. The standard InChI is InChI=1S/C12H26N.C2H4O2/c1-3-4-5-6-7-10-13(2)11-8-9-12-13;1-2(3)4/h3-12H2,1-2H3;1H3,(H,3,4)/q+1;/p-1. The molecule has 17 heavy (non-hydrogen) atoms. The number of hydrogen-bond acceptors (Lipinski definition) is 2. The van der Waals surface area contributed by atoms with Crippen molar-refractivity contribution in [1.82, 2.24) is 0 Å². The number of likely N-dealkylation sites (tertiary alicyclic amines) is 1. The quantitative estimate of drug-likeness (QED) is 0.528. The van der Waals surface area contributed by atoms with Crippen molar-refractivity contribution >= 4 is 5.97 Å². The maximum Gasteiger partial charge on any atom is 0.0786 e. The van der Waals surface area contributed by atoms with E-state index in [1.165, 1.54) is 69.1 Å². The van der Waals surface area contributed by atoms with Gasteiger partial charge in [-0.15, -0.1) is 0 Å². The summed E-state index contributed by atoms with van der Waals surface area (Å²) in [6.45, 7) is 7.57. The van der Waals surface area contributed by atoms with Gasteiger partial charge in [0.25, 0.3) is 0 Å². The average molecular weight is 243 g/mol. The highest BCUT2D eigenvalue weighted by atomic mass is 16.4. The third kappa shape index (κ3) is 10.3. The van der Waals surface area contributed by atoms with Crippen molar-refractivity contribution in [3.63, 3.8) is 0 Å². The van der Waals surface area contributed by atoms with Gasteiger partial charge in [-0.2, -0.15) is 0 Å². The Kier molecular flexibility index (Phi) is 9.14. The zero-order valence-electron chi connectivity index (χ0n) is 11.8. The number of quaternary nitrogens is 1. The first-order valence-corrected chi connectivity index (χ1v) is 7.01. The normalized spacial score (nSPS) is 17.4. The second-order valence-electron chi connectivity index (χ2n) is 5.40. The first-order valence-electron chi connectivity index (χ1n) is 7.01. The van der Waals surface area contributed by atoms with Gasteiger partial charge in [0.2, 0.25) is 0 Å². The van der Waals surface area contributed by atoms with E-state index in [0.717, 1.165) is 6.92 Å². The van der Waals surface area contributed by atoms with Crippen LogP contribution in [-0.2, 0) is 4.79 Å². The topological polar surface area (TPSA) is 40.1 Å². The second-order valence-corrected chi connectivity index (χ2v) is 5.40. The van der Waals surface area contributed by atoms with Crippen molar-refractivity contribution in [3.8, 4) is 0 Å². The minimum Gasteiger partial charge on any atom is -0.550 e. The van der Waals surface area contributed by atoms with Crippen LogP contribution in [0.15, 0.2) is 0 Å². The Bertz CT molecular complexity index is 194. The lowest BCUT2D eigenvalue weighted by Crippen LogP contribution is -2.41. The van der Waals surface area contributed by atoms with Gasteiger partial charge in [0.05, 0.1) is 26.7 Å². The van der Waals surface area contributed by atoms with Crippen LogP contribution in [-0.4, -0.2) is 37.1 Å². The van der Waals surface area contributed by atoms with Crippen LogP contribution < -0.4 is 5.11 Å². The fourth-order valence-corrected chi connectivity index (χ4v) is 2.42. The third-order valence-electron chi connectivity index (χ3n) is 3.45. The molecule has 0 atom stereocenters. The maximum atomic E-state index is 8.89. The van der Waals surface area contributed by atoms with Gasteiger partial charge in [-0.05, 0) is 19.8 Å². The van der Waals surface area contributed by atoms with Gasteiger partial charge in [-0.1, -0.05) is 26.2 Å². The van der Waals surface area contributed by atoms with Crippen LogP contribution in [0.3, 0.4) is 0 Å². The molecule has 1 aliphatic rings. The predicted molar refractivity (Wildman–Crippen MR) is 69.5 cm³/mol. The Hall–Kier alpha value is -0.570. The Morgan fingerprint density at radius 1 is 1.12 bits per heavy atom. The number of rotatable bonds is 6. The summed E-state index contributed by atoms with van der Waals surface area (Å²) in [6, 6.07) is 0. The minimum atomic E-state index is -1.08. The van der Waals surface area contributed by atoms with E-state index in [0.29, 0.717) is 0 Å². The summed E-state index contributed by atoms with van der Waals surface area (Å²) in [7, 11) is 2.44. The number of unbranched alkanes of at least 4 members (excludes halogenated alkanes) is 4. The molecule has 1 fully saturated rings. The molecular formula is C14H29NO2. The van der Waals surface area contributed by atoms with Crippen molar-refractivity contribution in [3.05, 3.63) is 0 Å². The van der Waals surface area contributed by atoms with Gasteiger partial charge < -0.3 is 14.4 Å². The molecule has 1 aliphatic heterocycles. The van der Waals surface area contributed by atoms with Crippen LogP contribution in [0.1, 0.15) is 58.8 Å². The van der Waals surface area contributed by atoms with Gasteiger partial charge in [0.1, 0.15) is 0 Å². The van der Waals surface area contributed by atoms with E-state index < -0.39 is 5.97 Å². The van der Waals surface area contributed by atoms with Gasteiger partial charge in [-0.25, -0.2) is 0 Å². The molecule has 102 valence electrons. The van der Waals surface area contributed by atoms with Crippen LogP contribution in [0.4, 0.5) is 0 Å². The molecule has 1 saturated heterocycles. The fraction of sp³-hybridized carbons (Fsp3) is 0.929. The highest BCUT2D eigenvalue weighted by molar-refractivity contribution is 5.60. The van der Waals surface area contributed by atoms with Crippen LogP contribution >= 0.6 is 0 Å². The molecule has 0 amide bonds. The SMILES string of the molecule is CC(=O)[O-].CCCCCCC[N+]1(C)CCCC1. The number of hydrogen-bond donors (Lipinski definition) is 0. The summed E-state index contributed by atoms with van der Waals surface area (Å²) in [5.74, 6) is -1.08. The Morgan fingerprint density at radius 2 is 1.59 bits per heavy atom. The summed E-state index contributed by atoms with van der Waals surface area (Å²) < 4.78 is 1.37. The first-order chi connectivity index (χ1) is 8.00. The number of carboxylic acids is 1. The molecule has 0 unspecified atom stereocenters. The zero-order chi connectivity index (χ0) is 13.1. The summed E-state index contributed by atoms with van der Waals surface area (Å²) in [5, 5.41) is 8.89. The van der Waals surface area contributed by atoms with E-state index in [2.05, 4.69) is 14.0 Å². The van der Waals surface area contributed by atoms with Gasteiger partial charge in [0, 0.05) is 18.8 Å². The predicted octanol–water partition coefficient (Wildman–Crippen LogP) is 1.95. The molecule has 0 aromatic heterocycles. The van der Waals surface area contributed by atoms with Gasteiger partial charge in [-0.3, -0.25) is 0 Å². The number of carboxylic acid groups (broad SMARTS) is 1. The molecule has 0 aliphatic carbocycles. The van der Waals surface area contributed by atoms with Crippen molar-refractivity contribution in [2.75, 3.05) is 26.7 Å².